The third-order valence-corrected chi connectivity index (χ3v) is 5.19. The first-order valence-electron chi connectivity index (χ1n) is 7.88. The lowest BCUT2D eigenvalue weighted by Gasteiger charge is -2.18. The monoisotopic (exact) mass is 355 g/mol. The lowest BCUT2D eigenvalue weighted by atomic mass is 9.97. The van der Waals surface area contributed by atoms with Crippen molar-refractivity contribution in [2.45, 2.75) is 38.5 Å². The van der Waals surface area contributed by atoms with E-state index in [9.17, 15) is 14.0 Å². The van der Waals surface area contributed by atoms with Gasteiger partial charge in [-0.3, -0.25) is 4.79 Å². The minimum Gasteiger partial charge on any atom is -0.468 e. The normalized spacial score (nSPS) is 12.4. The van der Waals surface area contributed by atoms with Gasteiger partial charge < -0.3 is 14.8 Å². The smallest absolute Gasteiger partial charge is 0.407 e. The van der Waals surface area contributed by atoms with Gasteiger partial charge in [-0.05, 0) is 36.2 Å². The minimum absolute atomic E-state index is 0.0126. The van der Waals surface area contributed by atoms with Crippen molar-refractivity contribution in [2.75, 3.05) is 20.3 Å². The minimum atomic E-state index is -1.28. The molecule has 1 aromatic carbocycles. The van der Waals surface area contributed by atoms with Crippen molar-refractivity contribution in [1.82, 2.24) is 5.32 Å². The van der Waals surface area contributed by atoms with Crippen LogP contribution in [-0.2, 0) is 14.3 Å². The second-order valence-corrected chi connectivity index (χ2v) is 12.6. The molecular formula is C17H26FNO4Si. The summed E-state index contributed by atoms with van der Waals surface area (Å²) >= 11 is 0. The van der Waals surface area contributed by atoms with E-state index in [-0.39, 0.29) is 6.54 Å². The van der Waals surface area contributed by atoms with Crippen LogP contribution < -0.4 is 5.32 Å². The molecule has 5 nitrogen and oxygen atoms in total. The summed E-state index contributed by atoms with van der Waals surface area (Å²) in [5.41, 5.74) is 1.15. The van der Waals surface area contributed by atoms with E-state index in [0.717, 1.165) is 6.04 Å². The number of aryl methyl sites for hydroxylation is 1. The van der Waals surface area contributed by atoms with Gasteiger partial charge in [0.1, 0.15) is 5.82 Å². The molecule has 0 aliphatic heterocycles. The van der Waals surface area contributed by atoms with Gasteiger partial charge in [0, 0.05) is 14.6 Å². The van der Waals surface area contributed by atoms with Crippen LogP contribution in [0.4, 0.5) is 9.18 Å². The zero-order valence-electron chi connectivity index (χ0n) is 14.9. The number of nitrogens with one attached hydrogen (secondary N) is 1. The van der Waals surface area contributed by atoms with Crippen LogP contribution in [0.1, 0.15) is 17.0 Å². The average Bonchev–Trinajstić information content (AvgIpc) is 2.44. The molecule has 1 aromatic rings. The maximum absolute atomic E-state index is 13.6. The Labute approximate surface area is 143 Å². The largest absolute Gasteiger partial charge is 0.468 e. The number of carbonyl (C=O) groups is 2. The van der Waals surface area contributed by atoms with Crippen molar-refractivity contribution < 1.29 is 23.5 Å². The number of hydrogen-bond donors (Lipinski definition) is 1. The molecule has 1 unspecified atom stereocenters. The topological polar surface area (TPSA) is 64.6 Å². The molecule has 0 saturated heterocycles. The van der Waals surface area contributed by atoms with Gasteiger partial charge in [-0.15, -0.1) is 0 Å². The number of benzene rings is 1. The van der Waals surface area contributed by atoms with Crippen LogP contribution in [0, 0.1) is 12.7 Å². The molecule has 0 radical (unpaired) electrons. The molecule has 0 saturated carbocycles. The van der Waals surface area contributed by atoms with Crippen molar-refractivity contribution >= 4 is 20.1 Å². The summed E-state index contributed by atoms with van der Waals surface area (Å²) < 4.78 is 23.5. The Morgan fingerprint density at radius 1 is 1.25 bits per heavy atom. The third kappa shape index (κ3) is 7.12. The SMILES string of the molecule is COC(=O)C(CNC(=O)OCC[Si](C)(C)C)c1cc(C)cc(F)c1. The fourth-order valence-corrected chi connectivity index (χ4v) is 2.85. The van der Waals surface area contributed by atoms with Crippen LogP contribution in [0.15, 0.2) is 18.2 Å². The van der Waals surface area contributed by atoms with Crippen molar-refractivity contribution in [2.24, 2.45) is 0 Å². The molecule has 0 aromatic heterocycles. The van der Waals surface area contributed by atoms with Crippen molar-refractivity contribution in [1.29, 1.82) is 0 Å². The van der Waals surface area contributed by atoms with Gasteiger partial charge >= 0.3 is 12.1 Å². The van der Waals surface area contributed by atoms with Crippen molar-refractivity contribution in [3.8, 4) is 0 Å². The van der Waals surface area contributed by atoms with Crippen LogP contribution in [-0.4, -0.2) is 40.4 Å². The van der Waals surface area contributed by atoms with E-state index in [1.54, 1.807) is 13.0 Å². The number of ether oxygens (including phenoxy) is 2. The maximum atomic E-state index is 13.6. The molecule has 0 bridgehead atoms. The van der Waals surface area contributed by atoms with E-state index in [2.05, 4.69) is 25.0 Å². The summed E-state index contributed by atoms with van der Waals surface area (Å²) in [6.45, 7) is 8.64. The quantitative estimate of drug-likeness (QED) is 0.601. The summed E-state index contributed by atoms with van der Waals surface area (Å²) in [7, 11) is -0.0208. The molecule has 7 heteroatoms. The highest BCUT2D eigenvalue weighted by Crippen LogP contribution is 2.20. The van der Waals surface area contributed by atoms with Gasteiger partial charge in [-0.2, -0.15) is 0 Å². The fraction of sp³-hybridized carbons (Fsp3) is 0.529. The van der Waals surface area contributed by atoms with Crippen molar-refractivity contribution in [3.05, 3.63) is 35.1 Å². The molecule has 1 atom stereocenters. The number of esters is 1. The third-order valence-electron chi connectivity index (χ3n) is 3.49. The van der Waals surface area contributed by atoms with E-state index in [0.29, 0.717) is 17.7 Å². The van der Waals surface area contributed by atoms with Gasteiger partial charge in [-0.25, -0.2) is 9.18 Å². The molecule has 0 spiro atoms. The highest BCUT2D eigenvalue weighted by molar-refractivity contribution is 6.76. The summed E-state index contributed by atoms with van der Waals surface area (Å²) in [5.74, 6) is -1.76. The average molecular weight is 355 g/mol. The highest BCUT2D eigenvalue weighted by Gasteiger charge is 2.23. The van der Waals surface area contributed by atoms with Crippen LogP contribution >= 0.6 is 0 Å². The maximum Gasteiger partial charge on any atom is 0.407 e. The Kier molecular flexibility index (Phi) is 7.40. The first-order valence-corrected chi connectivity index (χ1v) is 11.6. The predicted octanol–water partition coefficient (Wildman–Crippen LogP) is 3.46. The second-order valence-electron chi connectivity index (χ2n) is 6.97. The zero-order chi connectivity index (χ0) is 18.3. The van der Waals surface area contributed by atoms with E-state index in [1.165, 1.54) is 19.2 Å². The lowest BCUT2D eigenvalue weighted by Crippen LogP contribution is -2.33. The van der Waals surface area contributed by atoms with E-state index < -0.39 is 31.9 Å². The van der Waals surface area contributed by atoms with Gasteiger partial charge in [-0.1, -0.05) is 25.7 Å². The number of alkyl carbamates (subject to hydrolysis) is 1. The summed E-state index contributed by atoms with van der Waals surface area (Å²) in [5, 5.41) is 2.55. The molecule has 0 aliphatic carbocycles. The molecule has 1 rings (SSSR count). The van der Waals surface area contributed by atoms with Crippen LogP contribution in [0.3, 0.4) is 0 Å². The Balaban J connectivity index is 2.67. The standard InChI is InChI=1S/C17H26FNO4Si/c1-12-8-13(10-14(18)9-12)15(16(20)22-2)11-19-17(21)23-6-7-24(3,4)5/h8-10,15H,6-7,11H2,1-5H3,(H,19,21). The van der Waals surface area contributed by atoms with E-state index in [4.69, 9.17) is 9.47 Å². The molecule has 0 fully saturated rings. The second kappa shape index (κ2) is 8.82. The van der Waals surface area contributed by atoms with Crippen LogP contribution in [0.5, 0.6) is 0 Å². The molecule has 24 heavy (non-hydrogen) atoms. The number of amides is 1. The lowest BCUT2D eigenvalue weighted by molar-refractivity contribution is -0.142. The summed E-state index contributed by atoms with van der Waals surface area (Å²) in [6, 6.07) is 5.20. The molecule has 134 valence electrons. The molecular weight excluding hydrogens is 329 g/mol. The van der Waals surface area contributed by atoms with Crippen LogP contribution in [0.2, 0.25) is 25.7 Å². The van der Waals surface area contributed by atoms with Crippen LogP contribution in [0.25, 0.3) is 0 Å². The molecule has 0 aliphatic rings. The molecule has 1 N–H and O–H groups in total. The number of methoxy groups -OCH3 is 1. The number of hydrogen-bond acceptors (Lipinski definition) is 4. The Morgan fingerprint density at radius 2 is 1.92 bits per heavy atom. The first-order chi connectivity index (χ1) is 11.1. The Bertz CT molecular complexity index is 566. The van der Waals surface area contributed by atoms with Gasteiger partial charge in [0.25, 0.3) is 0 Å². The van der Waals surface area contributed by atoms with Gasteiger partial charge in [0.2, 0.25) is 0 Å². The summed E-state index contributed by atoms with van der Waals surface area (Å²) in [6.07, 6.45) is -0.588. The Hall–Kier alpha value is -1.89. The van der Waals surface area contributed by atoms with Crippen molar-refractivity contribution in [3.63, 3.8) is 0 Å². The zero-order valence-corrected chi connectivity index (χ0v) is 15.9. The Morgan fingerprint density at radius 3 is 2.46 bits per heavy atom. The molecule has 0 heterocycles. The number of carbonyl (C=O) groups excluding carboxylic acids is 2. The first kappa shape index (κ1) is 20.2. The van der Waals surface area contributed by atoms with E-state index in [1.807, 2.05) is 0 Å². The number of halogens is 1. The predicted molar refractivity (Wildman–Crippen MR) is 93.4 cm³/mol. The highest BCUT2D eigenvalue weighted by atomic mass is 28.3. The van der Waals surface area contributed by atoms with Gasteiger partial charge in [0.15, 0.2) is 0 Å². The summed E-state index contributed by atoms with van der Waals surface area (Å²) in [4.78, 5) is 23.7. The molecule has 1 amide bonds. The fourth-order valence-electron chi connectivity index (χ4n) is 2.13. The van der Waals surface area contributed by atoms with Gasteiger partial charge in [0.05, 0.1) is 19.6 Å². The van der Waals surface area contributed by atoms with E-state index >= 15 is 0 Å². The number of rotatable bonds is 7.